The normalized spacial score (nSPS) is 22.6. The number of nitrogens with one attached hydrogen (secondary N) is 1. The molecule has 0 aromatic carbocycles. The molecular weight excluding hydrogens is 170 g/mol. The summed E-state index contributed by atoms with van der Waals surface area (Å²) in [6.45, 7) is 4.35. The van der Waals surface area contributed by atoms with Gasteiger partial charge in [-0.3, -0.25) is 15.0 Å². The molecule has 13 heavy (non-hydrogen) atoms. The summed E-state index contributed by atoms with van der Waals surface area (Å²) in [5, 5.41) is 0. The molecule has 0 bridgehead atoms. The van der Waals surface area contributed by atoms with Crippen LogP contribution in [0.4, 0.5) is 0 Å². The van der Waals surface area contributed by atoms with Crippen LogP contribution in [0.1, 0.15) is 20.3 Å². The standard InChI is InChI=1S/C8H15N3O2/c1-5(2)11-4-6(3-7(11)12)8(13)10-9/h5-6H,3-4,9H2,1-2H3,(H,10,13)/t6-/m0/s1. The zero-order valence-corrected chi connectivity index (χ0v) is 7.91. The summed E-state index contributed by atoms with van der Waals surface area (Å²) in [5.74, 6) is 4.49. The van der Waals surface area contributed by atoms with Gasteiger partial charge < -0.3 is 4.90 Å². The maximum Gasteiger partial charge on any atom is 0.239 e. The van der Waals surface area contributed by atoms with Crippen molar-refractivity contribution in [3.63, 3.8) is 0 Å². The fourth-order valence-corrected chi connectivity index (χ4v) is 1.52. The van der Waals surface area contributed by atoms with Crippen LogP contribution in [0.5, 0.6) is 0 Å². The van der Waals surface area contributed by atoms with Crippen LogP contribution in [0, 0.1) is 5.92 Å². The first-order valence-corrected chi connectivity index (χ1v) is 4.36. The summed E-state index contributed by atoms with van der Waals surface area (Å²) < 4.78 is 0. The first kappa shape index (κ1) is 9.98. The Morgan fingerprint density at radius 3 is 2.69 bits per heavy atom. The van der Waals surface area contributed by atoms with Crippen LogP contribution >= 0.6 is 0 Å². The molecule has 1 aliphatic heterocycles. The van der Waals surface area contributed by atoms with Crippen LogP contribution in [0.3, 0.4) is 0 Å². The number of hydrogen-bond donors (Lipinski definition) is 2. The molecule has 74 valence electrons. The largest absolute Gasteiger partial charge is 0.339 e. The van der Waals surface area contributed by atoms with Gasteiger partial charge in [0, 0.05) is 19.0 Å². The Kier molecular flexibility index (Phi) is 2.87. The van der Waals surface area contributed by atoms with Crippen molar-refractivity contribution in [2.24, 2.45) is 11.8 Å². The summed E-state index contributed by atoms with van der Waals surface area (Å²) in [7, 11) is 0. The second-order valence-corrected chi connectivity index (χ2v) is 3.55. The van der Waals surface area contributed by atoms with Crippen LogP contribution in [0.15, 0.2) is 0 Å². The highest BCUT2D eigenvalue weighted by Crippen LogP contribution is 2.19. The smallest absolute Gasteiger partial charge is 0.239 e. The number of nitrogens with zero attached hydrogens (tertiary/aromatic N) is 1. The zero-order chi connectivity index (χ0) is 10.0. The SMILES string of the molecule is CC(C)N1C[C@@H](C(=O)NN)CC1=O. The van der Waals surface area contributed by atoms with Crippen LogP contribution in [-0.2, 0) is 9.59 Å². The average molecular weight is 185 g/mol. The molecule has 0 aromatic rings. The van der Waals surface area contributed by atoms with Crippen LogP contribution in [0.25, 0.3) is 0 Å². The molecule has 1 heterocycles. The van der Waals surface area contributed by atoms with E-state index in [0.717, 1.165) is 0 Å². The number of amides is 2. The van der Waals surface area contributed by atoms with E-state index in [2.05, 4.69) is 5.43 Å². The van der Waals surface area contributed by atoms with E-state index in [0.29, 0.717) is 6.54 Å². The van der Waals surface area contributed by atoms with E-state index in [-0.39, 0.29) is 30.2 Å². The first-order valence-electron chi connectivity index (χ1n) is 4.36. The summed E-state index contributed by atoms with van der Waals surface area (Å²) in [4.78, 5) is 24.2. The number of nitrogens with two attached hydrogens (primary N) is 1. The minimum Gasteiger partial charge on any atom is -0.339 e. The fraction of sp³-hybridized carbons (Fsp3) is 0.750. The molecule has 0 unspecified atom stereocenters. The molecule has 2 amide bonds. The van der Waals surface area contributed by atoms with Crippen molar-refractivity contribution < 1.29 is 9.59 Å². The maximum atomic E-state index is 11.4. The number of carbonyl (C=O) groups is 2. The molecule has 0 saturated carbocycles. The second kappa shape index (κ2) is 3.74. The van der Waals surface area contributed by atoms with Gasteiger partial charge in [-0.25, -0.2) is 5.84 Å². The molecule has 1 rings (SSSR count). The summed E-state index contributed by atoms with van der Waals surface area (Å²) in [5.41, 5.74) is 2.07. The van der Waals surface area contributed by atoms with Gasteiger partial charge in [-0.1, -0.05) is 0 Å². The minimum absolute atomic E-state index is 0.0311. The Morgan fingerprint density at radius 2 is 2.31 bits per heavy atom. The van der Waals surface area contributed by atoms with Gasteiger partial charge in [-0.2, -0.15) is 0 Å². The van der Waals surface area contributed by atoms with E-state index in [1.807, 2.05) is 13.8 Å². The lowest BCUT2D eigenvalue weighted by Gasteiger charge is -2.20. The maximum absolute atomic E-state index is 11.4. The first-order chi connectivity index (χ1) is 6.06. The molecule has 5 heteroatoms. The molecule has 3 N–H and O–H groups in total. The van der Waals surface area contributed by atoms with E-state index < -0.39 is 0 Å². The van der Waals surface area contributed by atoms with Gasteiger partial charge in [-0.15, -0.1) is 0 Å². The number of hydrogen-bond acceptors (Lipinski definition) is 3. The lowest BCUT2D eigenvalue weighted by atomic mass is 10.1. The van der Waals surface area contributed by atoms with Gasteiger partial charge in [0.25, 0.3) is 0 Å². The molecule has 0 aliphatic carbocycles. The fourth-order valence-electron chi connectivity index (χ4n) is 1.52. The average Bonchev–Trinajstić information content (AvgIpc) is 2.46. The van der Waals surface area contributed by atoms with Crippen molar-refractivity contribution in [1.29, 1.82) is 0 Å². The van der Waals surface area contributed by atoms with E-state index in [1.165, 1.54) is 0 Å². The number of carbonyl (C=O) groups excluding carboxylic acids is 2. The third-order valence-corrected chi connectivity index (χ3v) is 2.29. The lowest BCUT2D eigenvalue weighted by Crippen LogP contribution is -2.38. The third-order valence-electron chi connectivity index (χ3n) is 2.29. The van der Waals surface area contributed by atoms with Gasteiger partial charge in [-0.05, 0) is 13.8 Å². The van der Waals surface area contributed by atoms with Gasteiger partial charge in [0.05, 0.1) is 5.92 Å². The molecule has 5 nitrogen and oxygen atoms in total. The molecule has 0 aromatic heterocycles. The zero-order valence-electron chi connectivity index (χ0n) is 7.91. The van der Waals surface area contributed by atoms with Crippen molar-refractivity contribution in [3.05, 3.63) is 0 Å². The highest BCUT2D eigenvalue weighted by molar-refractivity contribution is 5.89. The lowest BCUT2D eigenvalue weighted by molar-refractivity contribution is -0.129. The number of likely N-dealkylation sites (tertiary alicyclic amines) is 1. The third kappa shape index (κ3) is 1.98. The monoisotopic (exact) mass is 185 g/mol. The highest BCUT2D eigenvalue weighted by Gasteiger charge is 2.34. The van der Waals surface area contributed by atoms with Crippen LogP contribution in [0.2, 0.25) is 0 Å². The van der Waals surface area contributed by atoms with Crippen molar-refractivity contribution in [2.75, 3.05) is 6.54 Å². The molecule has 1 atom stereocenters. The number of hydrazine groups is 1. The summed E-state index contributed by atoms with van der Waals surface area (Å²) >= 11 is 0. The van der Waals surface area contributed by atoms with Gasteiger partial charge >= 0.3 is 0 Å². The molecule has 0 radical (unpaired) electrons. The molecule has 1 fully saturated rings. The Labute approximate surface area is 77.2 Å². The molecular formula is C8H15N3O2. The highest BCUT2D eigenvalue weighted by atomic mass is 16.2. The summed E-state index contributed by atoms with van der Waals surface area (Å²) in [6, 6.07) is 0.156. The van der Waals surface area contributed by atoms with Crippen molar-refractivity contribution in [1.82, 2.24) is 10.3 Å². The van der Waals surface area contributed by atoms with Crippen LogP contribution in [-0.4, -0.2) is 29.3 Å². The van der Waals surface area contributed by atoms with Gasteiger partial charge in [0.2, 0.25) is 11.8 Å². The van der Waals surface area contributed by atoms with Crippen molar-refractivity contribution in [2.45, 2.75) is 26.3 Å². The van der Waals surface area contributed by atoms with Gasteiger partial charge in [0.1, 0.15) is 0 Å². The molecule has 1 saturated heterocycles. The molecule has 1 aliphatic rings. The Morgan fingerprint density at radius 1 is 1.69 bits per heavy atom. The topological polar surface area (TPSA) is 75.4 Å². The van der Waals surface area contributed by atoms with Crippen molar-refractivity contribution in [3.8, 4) is 0 Å². The quantitative estimate of drug-likeness (QED) is 0.337. The Hall–Kier alpha value is -1.10. The Bertz CT molecular complexity index is 227. The number of rotatable bonds is 2. The van der Waals surface area contributed by atoms with E-state index in [4.69, 9.17) is 5.84 Å². The van der Waals surface area contributed by atoms with Crippen LogP contribution < -0.4 is 11.3 Å². The summed E-state index contributed by atoms with van der Waals surface area (Å²) in [6.07, 6.45) is 0.279. The van der Waals surface area contributed by atoms with E-state index >= 15 is 0 Å². The predicted molar refractivity (Wildman–Crippen MR) is 47.3 cm³/mol. The second-order valence-electron chi connectivity index (χ2n) is 3.55. The Balaban J connectivity index is 2.60. The van der Waals surface area contributed by atoms with E-state index in [1.54, 1.807) is 4.90 Å². The minimum atomic E-state index is -0.278. The van der Waals surface area contributed by atoms with E-state index in [9.17, 15) is 9.59 Å². The van der Waals surface area contributed by atoms with Crippen molar-refractivity contribution >= 4 is 11.8 Å². The molecule has 0 spiro atoms. The predicted octanol–water partition coefficient (Wildman–Crippen LogP) is -0.767. The van der Waals surface area contributed by atoms with Gasteiger partial charge in [0.15, 0.2) is 0 Å².